The fourth-order valence-electron chi connectivity index (χ4n) is 3.96. The maximum Gasteiger partial charge on any atom is 0.272 e. The Kier molecular flexibility index (Phi) is 3.18. The largest absolute Gasteiger partial charge is 0.456 e. The van der Waals surface area contributed by atoms with E-state index in [1.807, 2.05) is 24.3 Å². The number of fused-ring (bicyclic) bond motifs is 2. The minimum Gasteiger partial charge on any atom is -0.456 e. The molecule has 0 spiro atoms. The Labute approximate surface area is 145 Å². The molecule has 3 heterocycles. The molecule has 0 saturated carbocycles. The standard InChI is InChI=1S/C20H19N3O2/c1-12-7-8-23(10-12)11-13-5-6-16-15(9-13)19-18-14(20(24)22-21-19)3-2-4-17(18)25-16/h2-6,9,12H,7-8,10-11H2,1H3,(H,22,24). The van der Waals surface area contributed by atoms with Crippen molar-refractivity contribution in [3.63, 3.8) is 0 Å². The van der Waals surface area contributed by atoms with Gasteiger partial charge in [-0.25, -0.2) is 5.10 Å². The summed E-state index contributed by atoms with van der Waals surface area (Å²) in [7, 11) is 0. The van der Waals surface area contributed by atoms with Gasteiger partial charge in [0.15, 0.2) is 0 Å². The molecule has 1 fully saturated rings. The summed E-state index contributed by atoms with van der Waals surface area (Å²) in [6.07, 6.45) is 1.27. The van der Waals surface area contributed by atoms with Crippen molar-refractivity contribution >= 4 is 10.8 Å². The van der Waals surface area contributed by atoms with Gasteiger partial charge < -0.3 is 4.74 Å². The van der Waals surface area contributed by atoms with Crippen LogP contribution in [0.15, 0.2) is 41.2 Å². The highest BCUT2D eigenvalue weighted by atomic mass is 16.5. The third-order valence-electron chi connectivity index (χ3n) is 5.21. The monoisotopic (exact) mass is 333 g/mol. The van der Waals surface area contributed by atoms with Gasteiger partial charge in [-0.1, -0.05) is 19.1 Å². The molecule has 5 rings (SSSR count). The molecule has 0 aliphatic carbocycles. The Morgan fingerprint density at radius 3 is 3.04 bits per heavy atom. The Hall–Kier alpha value is -2.66. The number of nitrogens with one attached hydrogen (secondary N) is 1. The Bertz CT molecular complexity index is 1040. The van der Waals surface area contributed by atoms with Crippen molar-refractivity contribution in [3.8, 4) is 22.8 Å². The zero-order valence-electron chi connectivity index (χ0n) is 14.1. The van der Waals surface area contributed by atoms with E-state index in [0.29, 0.717) is 11.1 Å². The lowest BCUT2D eigenvalue weighted by molar-refractivity contribution is 0.320. The first-order chi connectivity index (χ1) is 12.2. The number of benzene rings is 2. The minimum atomic E-state index is -0.185. The molecule has 1 N–H and O–H groups in total. The number of aromatic nitrogens is 2. The van der Waals surface area contributed by atoms with Gasteiger partial charge in [0.25, 0.3) is 5.56 Å². The molecule has 0 bridgehead atoms. The van der Waals surface area contributed by atoms with E-state index in [4.69, 9.17) is 4.74 Å². The summed E-state index contributed by atoms with van der Waals surface area (Å²) in [5.41, 5.74) is 2.81. The van der Waals surface area contributed by atoms with Crippen molar-refractivity contribution in [2.75, 3.05) is 13.1 Å². The van der Waals surface area contributed by atoms with E-state index in [-0.39, 0.29) is 5.56 Å². The molecule has 0 radical (unpaired) electrons. The zero-order valence-corrected chi connectivity index (χ0v) is 14.1. The molecular formula is C20H19N3O2. The highest BCUT2D eigenvalue weighted by Gasteiger charge is 2.24. The van der Waals surface area contributed by atoms with E-state index in [2.05, 4.69) is 34.2 Å². The summed E-state index contributed by atoms with van der Waals surface area (Å²) in [6.45, 7) is 5.54. The smallest absolute Gasteiger partial charge is 0.272 e. The molecule has 1 saturated heterocycles. The number of likely N-dealkylation sites (tertiary alicyclic amines) is 1. The second kappa shape index (κ2) is 5.43. The number of nitrogens with zero attached hydrogens (tertiary/aromatic N) is 2. The highest BCUT2D eigenvalue weighted by molar-refractivity contribution is 6.01. The van der Waals surface area contributed by atoms with Gasteiger partial charge in [0.05, 0.1) is 10.8 Å². The first-order valence-corrected chi connectivity index (χ1v) is 8.74. The third kappa shape index (κ3) is 2.35. The van der Waals surface area contributed by atoms with Crippen molar-refractivity contribution in [1.29, 1.82) is 0 Å². The summed E-state index contributed by atoms with van der Waals surface area (Å²) in [5, 5.41) is 8.37. The number of hydrogen-bond acceptors (Lipinski definition) is 4. The molecule has 2 aromatic carbocycles. The van der Waals surface area contributed by atoms with Crippen LogP contribution in [-0.4, -0.2) is 28.2 Å². The molecule has 1 aromatic heterocycles. The van der Waals surface area contributed by atoms with Crippen molar-refractivity contribution < 1.29 is 4.74 Å². The molecule has 126 valence electrons. The maximum atomic E-state index is 12.1. The maximum absolute atomic E-state index is 12.1. The molecule has 25 heavy (non-hydrogen) atoms. The molecule has 1 atom stereocenters. The van der Waals surface area contributed by atoms with E-state index in [0.717, 1.165) is 47.9 Å². The van der Waals surface area contributed by atoms with Crippen LogP contribution in [0.25, 0.3) is 22.0 Å². The van der Waals surface area contributed by atoms with Crippen LogP contribution in [0.4, 0.5) is 0 Å². The quantitative estimate of drug-likeness (QED) is 0.609. The second-order valence-corrected chi connectivity index (χ2v) is 7.14. The lowest BCUT2D eigenvalue weighted by atomic mass is 9.99. The molecule has 5 nitrogen and oxygen atoms in total. The third-order valence-corrected chi connectivity index (χ3v) is 5.21. The average molecular weight is 333 g/mol. The number of aromatic amines is 1. The number of hydrogen-bond donors (Lipinski definition) is 1. The van der Waals surface area contributed by atoms with Crippen LogP contribution < -0.4 is 10.3 Å². The van der Waals surface area contributed by atoms with Gasteiger partial charge in [0.2, 0.25) is 0 Å². The predicted octanol–water partition coefficient (Wildman–Crippen LogP) is 3.54. The first-order valence-electron chi connectivity index (χ1n) is 8.74. The van der Waals surface area contributed by atoms with Gasteiger partial charge in [0, 0.05) is 18.7 Å². The summed E-state index contributed by atoms with van der Waals surface area (Å²) >= 11 is 0. The van der Waals surface area contributed by atoms with Gasteiger partial charge in [-0.2, -0.15) is 5.10 Å². The zero-order chi connectivity index (χ0) is 17.0. The fraction of sp³-hybridized carbons (Fsp3) is 0.300. The number of ether oxygens (including phenoxy) is 1. The van der Waals surface area contributed by atoms with E-state index >= 15 is 0 Å². The van der Waals surface area contributed by atoms with Crippen LogP contribution in [0.1, 0.15) is 18.9 Å². The predicted molar refractivity (Wildman–Crippen MR) is 96.9 cm³/mol. The molecule has 3 aromatic rings. The highest BCUT2D eigenvalue weighted by Crippen LogP contribution is 2.44. The number of H-pyrrole nitrogens is 1. The summed E-state index contributed by atoms with van der Waals surface area (Å²) < 4.78 is 6.04. The van der Waals surface area contributed by atoms with Crippen molar-refractivity contribution in [2.45, 2.75) is 19.9 Å². The Morgan fingerprint density at radius 2 is 2.20 bits per heavy atom. The topological polar surface area (TPSA) is 58.2 Å². The van der Waals surface area contributed by atoms with Crippen LogP contribution in [0.3, 0.4) is 0 Å². The van der Waals surface area contributed by atoms with Gasteiger partial charge >= 0.3 is 0 Å². The second-order valence-electron chi connectivity index (χ2n) is 7.14. The molecular weight excluding hydrogens is 314 g/mol. The van der Waals surface area contributed by atoms with E-state index in [1.165, 1.54) is 12.0 Å². The van der Waals surface area contributed by atoms with Crippen LogP contribution in [0, 0.1) is 5.92 Å². The van der Waals surface area contributed by atoms with E-state index in [9.17, 15) is 4.79 Å². The van der Waals surface area contributed by atoms with Crippen molar-refractivity contribution in [3.05, 3.63) is 52.3 Å². The van der Waals surface area contributed by atoms with Gasteiger partial charge in [-0.05, 0) is 48.7 Å². The molecule has 0 amide bonds. The van der Waals surface area contributed by atoms with E-state index in [1.54, 1.807) is 0 Å². The molecule has 1 unspecified atom stereocenters. The van der Waals surface area contributed by atoms with Crippen molar-refractivity contribution in [2.24, 2.45) is 5.92 Å². The SMILES string of the molecule is CC1CCN(Cc2ccc3c(c2)-c2n[nH]c(=O)c4cccc(c24)O3)C1. The average Bonchev–Trinajstić information content (AvgIpc) is 3.02. The lowest BCUT2D eigenvalue weighted by Crippen LogP contribution is -2.19. The Balaban J connectivity index is 1.62. The van der Waals surface area contributed by atoms with E-state index < -0.39 is 0 Å². The molecule has 2 aliphatic rings. The molecule has 2 aliphatic heterocycles. The summed E-state index contributed by atoms with van der Waals surface area (Å²) in [5.74, 6) is 2.26. The van der Waals surface area contributed by atoms with Crippen LogP contribution in [0.5, 0.6) is 11.5 Å². The van der Waals surface area contributed by atoms with Crippen LogP contribution >= 0.6 is 0 Å². The van der Waals surface area contributed by atoms with Crippen molar-refractivity contribution in [1.82, 2.24) is 15.1 Å². The number of rotatable bonds is 2. The minimum absolute atomic E-state index is 0.185. The van der Waals surface area contributed by atoms with Gasteiger partial charge in [-0.15, -0.1) is 0 Å². The molecule has 5 heteroatoms. The Morgan fingerprint density at radius 1 is 1.28 bits per heavy atom. The first kappa shape index (κ1) is 14.7. The van der Waals surface area contributed by atoms with Crippen LogP contribution in [0.2, 0.25) is 0 Å². The van der Waals surface area contributed by atoms with Gasteiger partial charge in [-0.3, -0.25) is 9.69 Å². The summed E-state index contributed by atoms with van der Waals surface area (Å²) in [6, 6.07) is 11.8. The fourth-order valence-corrected chi connectivity index (χ4v) is 3.96. The lowest BCUT2D eigenvalue weighted by Gasteiger charge is -2.21. The summed E-state index contributed by atoms with van der Waals surface area (Å²) in [4.78, 5) is 14.6. The van der Waals surface area contributed by atoms with Crippen LogP contribution in [-0.2, 0) is 6.54 Å². The normalized spacial score (nSPS) is 19.0. The van der Waals surface area contributed by atoms with Gasteiger partial charge in [0.1, 0.15) is 17.2 Å².